The molecule has 0 spiro atoms. The van der Waals surface area contributed by atoms with Crippen molar-refractivity contribution >= 4 is 15.4 Å². The summed E-state index contributed by atoms with van der Waals surface area (Å²) in [6.07, 6.45) is 5.48. The van der Waals surface area contributed by atoms with Crippen molar-refractivity contribution in [2.24, 2.45) is 0 Å². The van der Waals surface area contributed by atoms with Gasteiger partial charge in [-0.15, -0.1) is 0 Å². The van der Waals surface area contributed by atoms with Gasteiger partial charge in [-0.05, 0) is 65.1 Å². The van der Waals surface area contributed by atoms with Crippen molar-refractivity contribution in [2.75, 3.05) is 6.61 Å². The Morgan fingerprint density at radius 2 is 1.52 bits per heavy atom. The Morgan fingerprint density at radius 1 is 1.00 bits per heavy atom. The summed E-state index contributed by atoms with van der Waals surface area (Å²) in [5.41, 5.74) is -0.502. The molecule has 0 atom stereocenters. The van der Waals surface area contributed by atoms with E-state index in [4.69, 9.17) is 13.7 Å². The number of unbranched alkanes of at least 4 members (excludes halogenated alkanes) is 2. The van der Waals surface area contributed by atoms with Gasteiger partial charge in [0.2, 0.25) is 0 Å². The Labute approximate surface area is 145 Å². The van der Waals surface area contributed by atoms with Crippen molar-refractivity contribution in [3.8, 4) is 0 Å². The molecule has 23 heavy (non-hydrogen) atoms. The Kier molecular flexibility index (Phi) is 6.76. The zero-order chi connectivity index (χ0) is 17.9. The predicted molar refractivity (Wildman–Crippen MR) is 102 cm³/mol. The molecule has 0 saturated carbocycles. The van der Waals surface area contributed by atoms with Crippen molar-refractivity contribution in [1.82, 2.24) is 0 Å². The third kappa shape index (κ3) is 5.73. The van der Waals surface area contributed by atoms with Crippen LogP contribution in [0.3, 0.4) is 0 Å². The summed E-state index contributed by atoms with van der Waals surface area (Å²) in [5.74, 6) is 2.05. The maximum atomic E-state index is 6.19. The molecule has 1 rings (SSSR count). The van der Waals surface area contributed by atoms with Gasteiger partial charge in [-0.2, -0.15) is 0 Å². The van der Waals surface area contributed by atoms with Crippen LogP contribution in [0.2, 0.25) is 18.1 Å². The summed E-state index contributed by atoms with van der Waals surface area (Å²) in [4.78, 5) is 0. The zero-order valence-corrected chi connectivity index (χ0v) is 17.8. The second-order valence-electron chi connectivity index (χ2n) is 9.16. The van der Waals surface area contributed by atoms with Crippen LogP contribution in [0.4, 0.5) is 0 Å². The molecule has 0 amide bonds. The lowest BCUT2D eigenvalue weighted by Gasteiger charge is -2.36. The van der Waals surface area contributed by atoms with Crippen LogP contribution in [-0.4, -0.2) is 33.2 Å². The second-order valence-corrected chi connectivity index (χ2v) is 14.0. The largest absolute Gasteiger partial charge is 0.486 e. The maximum Gasteiger partial charge on any atom is 0.486 e. The van der Waals surface area contributed by atoms with Crippen LogP contribution in [0, 0.1) is 0 Å². The van der Waals surface area contributed by atoms with E-state index < -0.39 is 8.32 Å². The molecule has 1 fully saturated rings. The summed E-state index contributed by atoms with van der Waals surface area (Å²) >= 11 is 0. The van der Waals surface area contributed by atoms with Crippen molar-refractivity contribution in [1.29, 1.82) is 0 Å². The SMILES string of the molecule is CC1(C)OB(C=CCCCCO[Si](C)(C)C(C)(C)C)OC1(C)C. The van der Waals surface area contributed by atoms with E-state index in [0.29, 0.717) is 5.04 Å². The monoisotopic (exact) mass is 340 g/mol. The highest BCUT2D eigenvalue weighted by Gasteiger charge is 2.49. The van der Waals surface area contributed by atoms with E-state index in [2.05, 4.69) is 67.6 Å². The van der Waals surface area contributed by atoms with Gasteiger partial charge in [0.25, 0.3) is 0 Å². The van der Waals surface area contributed by atoms with Crippen LogP contribution in [0.15, 0.2) is 12.1 Å². The smallest absolute Gasteiger partial charge is 0.417 e. The molecule has 3 nitrogen and oxygen atoms in total. The molecule has 0 aromatic rings. The van der Waals surface area contributed by atoms with Crippen molar-refractivity contribution in [3.63, 3.8) is 0 Å². The molecule has 0 N–H and O–H groups in total. The lowest BCUT2D eigenvalue weighted by atomic mass is 9.89. The second kappa shape index (κ2) is 7.42. The van der Waals surface area contributed by atoms with E-state index >= 15 is 0 Å². The Balaban J connectivity index is 2.22. The molecular formula is C18H37BO3Si. The van der Waals surface area contributed by atoms with Crippen molar-refractivity contribution < 1.29 is 13.7 Å². The first-order valence-electron chi connectivity index (χ1n) is 8.95. The highest BCUT2D eigenvalue weighted by atomic mass is 28.4. The lowest BCUT2D eigenvalue weighted by Crippen LogP contribution is -2.41. The van der Waals surface area contributed by atoms with Gasteiger partial charge in [0.05, 0.1) is 11.2 Å². The van der Waals surface area contributed by atoms with Gasteiger partial charge in [-0.3, -0.25) is 0 Å². The molecule has 0 bridgehead atoms. The molecule has 1 aliphatic rings. The number of hydrogen-bond acceptors (Lipinski definition) is 3. The van der Waals surface area contributed by atoms with Crippen LogP contribution in [0.5, 0.6) is 0 Å². The van der Waals surface area contributed by atoms with Gasteiger partial charge >= 0.3 is 7.12 Å². The van der Waals surface area contributed by atoms with E-state index in [9.17, 15) is 0 Å². The van der Waals surface area contributed by atoms with Crippen LogP contribution < -0.4 is 0 Å². The summed E-state index contributed by atoms with van der Waals surface area (Å²) in [5, 5.41) is 0.295. The molecule has 1 saturated heterocycles. The molecule has 1 heterocycles. The normalized spacial score (nSPS) is 21.3. The number of hydrogen-bond donors (Lipinski definition) is 0. The summed E-state index contributed by atoms with van der Waals surface area (Å²) in [7, 11) is -1.80. The molecule has 0 unspecified atom stereocenters. The van der Waals surface area contributed by atoms with Gasteiger partial charge in [-0.25, -0.2) is 0 Å². The minimum atomic E-state index is -1.58. The van der Waals surface area contributed by atoms with Crippen molar-refractivity contribution in [3.05, 3.63) is 12.1 Å². The standard InChI is InChI=1S/C18H37BO3Si/c1-16(2,3)23(8,9)20-15-13-11-10-12-14-19-21-17(4,5)18(6,7)22-19/h12,14H,10-11,13,15H2,1-9H3. The summed E-state index contributed by atoms with van der Waals surface area (Å²) in [6, 6.07) is 0. The summed E-state index contributed by atoms with van der Waals surface area (Å²) < 4.78 is 18.1. The molecule has 0 aliphatic carbocycles. The minimum absolute atomic E-state index is 0.219. The zero-order valence-electron chi connectivity index (χ0n) is 16.8. The predicted octanol–water partition coefficient (Wildman–Crippen LogP) is 5.37. The first kappa shape index (κ1) is 20.9. The highest BCUT2D eigenvalue weighted by Crippen LogP contribution is 2.37. The van der Waals surface area contributed by atoms with Gasteiger partial charge in [0.1, 0.15) is 0 Å². The first-order valence-corrected chi connectivity index (χ1v) is 11.9. The Bertz CT molecular complexity index is 395. The number of rotatable bonds is 7. The molecular weight excluding hydrogens is 303 g/mol. The van der Waals surface area contributed by atoms with E-state index in [0.717, 1.165) is 25.9 Å². The van der Waals surface area contributed by atoms with Crippen LogP contribution in [-0.2, 0) is 13.7 Å². The van der Waals surface area contributed by atoms with Crippen LogP contribution >= 0.6 is 0 Å². The fourth-order valence-corrected chi connectivity index (χ4v) is 3.17. The molecule has 0 radical (unpaired) electrons. The average molecular weight is 340 g/mol. The fraction of sp³-hybridized carbons (Fsp3) is 0.889. The van der Waals surface area contributed by atoms with Crippen LogP contribution in [0.1, 0.15) is 67.7 Å². The van der Waals surface area contributed by atoms with Crippen molar-refractivity contribution in [2.45, 2.75) is 97.1 Å². The van der Waals surface area contributed by atoms with Crippen LogP contribution in [0.25, 0.3) is 0 Å². The van der Waals surface area contributed by atoms with E-state index in [1.807, 2.05) is 5.98 Å². The molecule has 1 aliphatic heterocycles. The minimum Gasteiger partial charge on any atom is -0.417 e. The molecule has 5 heteroatoms. The van der Waals surface area contributed by atoms with E-state index in [1.54, 1.807) is 0 Å². The third-order valence-corrected chi connectivity index (χ3v) is 10.1. The van der Waals surface area contributed by atoms with Gasteiger partial charge < -0.3 is 13.7 Å². The Hall–Kier alpha value is -0.0982. The lowest BCUT2D eigenvalue weighted by molar-refractivity contribution is 0.00578. The summed E-state index contributed by atoms with van der Waals surface area (Å²) in [6.45, 7) is 20.7. The molecule has 134 valence electrons. The van der Waals surface area contributed by atoms with Gasteiger partial charge in [0, 0.05) is 6.61 Å². The topological polar surface area (TPSA) is 27.7 Å². The third-order valence-electron chi connectivity index (χ3n) is 5.60. The first-order chi connectivity index (χ1) is 10.3. The van der Waals surface area contributed by atoms with E-state index in [1.165, 1.54) is 0 Å². The number of allylic oxidation sites excluding steroid dienone is 1. The Morgan fingerprint density at radius 3 is 2.00 bits per heavy atom. The highest BCUT2D eigenvalue weighted by molar-refractivity contribution is 6.74. The van der Waals surface area contributed by atoms with Gasteiger partial charge in [0.15, 0.2) is 8.32 Å². The average Bonchev–Trinajstić information content (AvgIpc) is 2.55. The fourth-order valence-electron chi connectivity index (χ4n) is 2.08. The quantitative estimate of drug-likeness (QED) is 0.461. The maximum absolute atomic E-state index is 6.19. The van der Waals surface area contributed by atoms with E-state index in [-0.39, 0.29) is 18.3 Å². The molecule has 0 aromatic heterocycles. The molecule has 0 aromatic carbocycles. The van der Waals surface area contributed by atoms with Gasteiger partial charge in [-0.1, -0.05) is 32.8 Å².